The lowest BCUT2D eigenvalue weighted by atomic mass is 10.1. The number of benzene rings is 1. The fourth-order valence-electron chi connectivity index (χ4n) is 2.81. The first kappa shape index (κ1) is 18.6. The van der Waals surface area contributed by atoms with E-state index in [-0.39, 0.29) is 5.92 Å². The number of aliphatic imine (C=N–C) groups is 1. The zero-order valence-electron chi connectivity index (χ0n) is 13.9. The zero-order chi connectivity index (χ0) is 17.4. The summed E-state index contributed by atoms with van der Waals surface area (Å²) in [5.41, 5.74) is 1.12. The minimum atomic E-state index is -4.12. The van der Waals surface area contributed by atoms with Gasteiger partial charge in [0.2, 0.25) is 0 Å². The number of likely N-dealkylation sites (tertiary alicyclic amines) is 1. The van der Waals surface area contributed by atoms with Gasteiger partial charge in [-0.2, -0.15) is 13.2 Å². The fraction of sp³-hybridized carbons (Fsp3) is 0.588. The molecule has 0 aliphatic carbocycles. The molecule has 1 aromatic rings. The van der Waals surface area contributed by atoms with Crippen LogP contribution in [0.2, 0.25) is 0 Å². The summed E-state index contributed by atoms with van der Waals surface area (Å²) >= 11 is 0. The summed E-state index contributed by atoms with van der Waals surface area (Å²) in [6.45, 7) is 4.10. The van der Waals surface area contributed by atoms with Gasteiger partial charge >= 0.3 is 6.18 Å². The van der Waals surface area contributed by atoms with Gasteiger partial charge < -0.3 is 10.6 Å². The predicted molar refractivity (Wildman–Crippen MR) is 89.9 cm³/mol. The second-order valence-corrected chi connectivity index (χ2v) is 6.07. The van der Waals surface area contributed by atoms with Gasteiger partial charge in [0.25, 0.3) is 0 Å². The van der Waals surface area contributed by atoms with Crippen LogP contribution in [0.4, 0.5) is 13.2 Å². The summed E-state index contributed by atoms with van der Waals surface area (Å²) in [7, 11) is 0. The largest absolute Gasteiger partial charge is 0.401 e. The predicted octanol–water partition coefficient (Wildman–Crippen LogP) is 2.63. The van der Waals surface area contributed by atoms with Crippen molar-refractivity contribution in [2.45, 2.75) is 26.1 Å². The van der Waals surface area contributed by atoms with Crippen LogP contribution in [0.3, 0.4) is 0 Å². The second-order valence-electron chi connectivity index (χ2n) is 6.07. The minimum absolute atomic E-state index is 0.216. The van der Waals surface area contributed by atoms with E-state index in [0.29, 0.717) is 32.1 Å². The highest BCUT2D eigenvalue weighted by atomic mass is 19.4. The number of rotatable bonds is 6. The number of halogens is 3. The molecule has 0 amide bonds. The summed E-state index contributed by atoms with van der Waals surface area (Å²) in [4.78, 5) is 6.00. The second kappa shape index (κ2) is 8.92. The molecule has 0 radical (unpaired) electrons. The molecule has 1 unspecified atom stereocenters. The number of hydrogen-bond acceptors (Lipinski definition) is 2. The molecule has 1 fully saturated rings. The molecule has 1 atom stereocenters. The Hall–Kier alpha value is -1.76. The van der Waals surface area contributed by atoms with Crippen molar-refractivity contribution in [3.8, 4) is 0 Å². The van der Waals surface area contributed by atoms with E-state index in [0.717, 1.165) is 18.5 Å². The van der Waals surface area contributed by atoms with Gasteiger partial charge in [0, 0.05) is 19.6 Å². The highest BCUT2D eigenvalue weighted by Crippen LogP contribution is 2.22. The lowest BCUT2D eigenvalue weighted by Crippen LogP contribution is -2.40. The highest BCUT2D eigenvalue weighted by Gasteiger charge is 2.34. The first-order valence-electron chi connectivity index (χ1n) is 8.31. The van der Waals surface area contributed by atoms with Gasteiger partial charge in [-0.25, -0.2) is 4.99 Å². The van der Waals surface area contributed by atoms with Crippen molar-refractivity contribution in [1.82, 2.24) is 15.5 Å². The Morgan fingerprint density at radius 2 is 2.00 bits per heavy atom. The van der Waals surface area contributed by atoms with Crippen LogP contribution in [0.1, 0.15) is 18.9 Å². The minimum Gasteiger partial charge on any atom is -0.357 e. The van der Waals surface area contributed by atoms with E-state index >= 15 is 0 Å². The summed E-state index contributed by atoms with van der Waals surface area (Å²) in [5.74, 6) is 0.920. The molecule has 134 valence electrons. The van der Waals surface area contributed by atoms with Crippen molar-refractivity contribution in [3.05, 3.63) is 35.9 Å². The number of nitrogens with one attached hydrogen (secondary N) is 2. The third-order valence-corrected chi connectivity index (χ3v) is 3.94. The van der Waals surface area contributed by atoms with Crippen molar-refractivity contribution in [3.63, 3.8) is 0 Å². The van der Waals surface area contributed by atoms with E-state index in [1.807, 2.05) is 37.3 Å². The molecular weight excluding hydrogens is 317 g/mol. The summed E-state index contributed by atoms with van der Waals surface area (Å²) in [6.07, 6.45) is -3.34. The van der Waals surface area contributed by atoms with Crippen LogP contribution in [0, 0.1) is 5.92 Å². The zero-order valence-corrected chi connectivity index (χ0v) is 13.9. The smallest absolute Gasteiger partial charge is 0.357 e. The molecule has 0 saturated carbocycles. The van der Waals surface area contributed by atoms with Gasteiger partial charge in [-0.05, 0) is 31.4 Å². The Morgan fingerprint density at radius 1 is 1.25 bits per heavy atom. The number of nitrogens with zero attached hydrogens (tertiary/aromatic N) is 2. The number of alkyl halides is 3. The Balaban J connectivity index is 1.79. The van der Waals surface area contributed by atoms with Crippen LogP contribution < -0.4 is 10.6 Å². The molecule has 4 nitrogen and oxygen atoms in total. The van der Waals surface area contributed by atoms with E-state index in [1.165, 1.54) is 4.90 Å². The van der Waals surface area contributed by atoms with Crippen molar-refractivity contribution in [2.75, 3.05) is 32.7 Å². The maximum absolute atomic E-state index is 12.4. The van der Waals surface area contributed by atoms with E-state index < -0.39 is 12.7 Å². The van der Waals surface area contributed by atoms with Gasteiger partial charge in [-0.15, -0.1) is 0 Å². The average molecular weight is 342 g/mol. The van der Waals surface area contributed by atoms with Gasteiger partial charge in [0.1, 0.15) is 0 Å². The summed E-state index contributed by atoms with van der Waals surface area (Å²) in [6, 6.07) is 9.93. The average Bonchev–Trinajstić information content (AvgIpc) is 2.96. The van der Waals surface area contributed by atoms with Gasteiger partial charge in [0.15, 0.2) is 5.96 Å². The number of guanidine groups is 1. The van der Waals surface area contributed by atoms with Crippen LogP contribution in [-0.4, -0.2) is 49.8 Å². The maximum Gasteiger partial charge on any atom is 0.401 e. The Labute approximate surface area is 141 Å². The van der Waals surface area contributed by atoms with E-state index in [2.05, 4.69) is 15.6 Å². The molecule has 24 heavy (non-hydrogen) atoms. The van der Waals surface area contributed by atoms with Crippen molar-refractivity contribution in [1.29, 1.82) is 0 Å². The third-order valence-electron chi connectivity index (χ3n) is 3.94. The monoisotopic (exact) mass is 342 g/mol. The maximum atomic E-state index is 12.4. The van der Waals surface area contributed by atoms with E-state index in [9.17, 15) is 13.2 Å². The van der Waals surface area contributed by atoms with Gasteiger partial charge in [-0.1, -0.05) is 30.3 Å². The Kier molecular flexibility index (Phi) is 6.90. The molecule has 1 heterocycles. The molecule has 1 aliphatic heterocycles. The molecule has 1 aliphatic rings. The van der Waals surface area contributed by atoms with Crippen molar-refractivity contribution < 1.29 is 13.2 Å². The Bertz CT molecular complexity index is 516. The molecule has 2 N–H and O–H groups in total. The Morgan fingerprint density at radius 3 is 2.67 bits per heavy atom. The summed E-state index contributed by atoms with van der Waals surface area (Å²) < 4.78 is 37.3. The van der Waals surface area contributed by atoms with Gasteiger partial charge in [0.05, 0.1) is 13.1 Å². The van der Waals surface area contributed by atoms with Crippen molar-refractivity contribution in [2.24, 2.45) is 10.9 Å². The van der Waals surface area contributed by atoms with Crippen molar-refractivity contribution >= 4 is 5.96 Å². The van der Waals surface area contributed by atoms with E-state index in [1.54, 1.807) is 0 Å². The summed E-state index contributed by atoms with van der Waals surface area (Å²) in [5, 5.41) is 6.42. The fourth-order valence-corrected chi connectivity index (χ4v) is 2.81. The molecule has 2 rings (SSSR count). The molecule has 1 aromatic carbocycles. The highest BCUT2D eigenvalue weighted by molar-refractivity contribution is 5.79. The van der Waals surface area contributed by atoms with Crippen LogP contribution in [0.15, 0.2) is 35.3 Å². The number of hydrogen-bond donors (Lipinski definition) is 2. The first-order chi connectivity index (χ1) is 11.5. The molecule has 0 bridgehead atoms. The van der Waals surface area contributed by atoms with E-state index in [4.69, 9.17) is 0 Å². The molecule has 1 saturated heterocycles. The van der Waals surface area contributed by atoms with Crippen LogP contribution in [-0.2, 0) is 6.54 Å². The third kappa shape index (κ3) is 6.78. The quantitative estimate of drug-likeness (QED) is 0.617. The topological polar surface area (TPSA) is 39.7 Å². The lowest BCUT2D eigenvalue weighted by molar-refractivity contribution is -0.143. The molecule has 0 spiro atoms. The molecule has 0 aromatic heterocycles. The first-order valence-corrected chi connectivity index (χ1v) is 8.31. The van der Waals surface area contributed by atoms with Gasteiger partial charge in [-0.3, -0.25) is 4.90 Å². The normalized spacial score (nSPS) is 19.5. The standard InChI is InChI=1S/C17H25F3N4/c1-2-21-16(22-10-14-6-4-3-5-7-14)23-11-15-8-9-24(12-15)13-17(18,19)20/h3-7,15H,2,8-13H2,1H3,(H2,21,22,23). The van der Waals surface area contributed by atoms with Crippen LogP contribution in [0.5, 0.6) is 0 Å². The molecule has 7 heteroatoms. The SMILES string of the molecule is CCNC(=NCc1ccccc1)NCC1CCN(CC(F)(F)F)C1. The lowest BCUT2D eigenvalue weighted by Gasteiger charge is -2.18. The molecular formula is C17H25F3N4. The van der Waals surface area contributed by atoms with Crippen LogP contribution in [0.25, 0.3) is 0 Å². The van der Waals surface area contributed by atoms with Crippen LogP contribution >= 0.6 is 0 Å².